The van der Waals surface area contributed by atoms with Crippen molar-refractivity contribution in [2.45, 2.75) is 116 Å². The van der Waals surface area contributed by atoms with Crippen molar-refractivity contribution in [1.82, 2.24) is 0 Å². The zero-order valence-electron chi connectivity index (χ0n) is 19.7. The molecular formula is C22H44O4Sn2. The van der Waals surface area contributed by atoms with Crippen LogP contribution in [0.4, 0.5) is 0 Å². The monoisotopic (exact) mass is 612 g/mol. The summed E-state index contributed by atoms with van der Waals surface area (Å²) < 4.78 is 10.2. The van der Waals surface area contributed by atoms with Gasteiger partial charge in [0.2, 0.25) is 0 Å². The Morgan fingerprint density at radius 3 is 1.25 bits per heavy atom. The van der Waals surface area contributed by atoms with E-state index in [0.29, 0.717) is 23.7 Å². The standard InChI is InChI=1S/2C10H20O2.2CH3.2Sn/c2*1-10(2,3)8-6-4-5-7-9(11)12;;;;/h2*4-8H2,1-3H3,(H,11,12);2*1H3;;/q;;;;;+2/p-2. The van der Waals surface area contributed by atoms with Crippen LogP contribution in [0.3, 0.4) is 0 Å². The molecule has 6 heteroatoms. The second kappa shape index (κ2) is 18.3. The average Bonchev–Trinajstić information content (AvgIpc) is 2.52. The van der Waals surface area contributed by atoms with Crippen molar-refractivity contribution in [3.63, 3.8) is 0 Å². The Labute approximate surface area is 196 Å². The fourth-order valence-corrected chi connectivity index (χ4v) is 3.65. The van der Waals surface area contributed by atoms with E-state index in [4.69, 9.17) is 6.15 Å². The van der Waals surface area contributed by atoms with Crippen LogP contribution in [-0.2, 0) is 15.7 Å². The van der Waals surface area contributed by atoms with Gasteiger partial charge in [0.15, 0.2) is 0 Å². The van der Waals surface area contributed by atoms with Crippen LogP contribution in [0.5, 0.6) is 0 Å². The molecule has 0 aromatic carbocycles. The van der Waals surface area contributed by atoms with Crippen LogP contribution in [-0.4, -0.2) is 55.1 Å². The van der Waals surface area contributed by atoms with E-state index < -0.39 is 22.0 Å². The number of hydrogen-bond donors (Lipinski definition) is 0. The van der Waals surface area contributed by atoms with Crippen LogP contribution in [0.15, 0.2) is 0 Å². The van der Waals surface area contributed by atoms with E-state index in [-0.39, 0.29) is 33.1 Å². The molecule has 0 fully saturated rings. The Balaban J connectivity index is 0. The van der Waals surface area contributed by atoms with E-state index in [2.05, 4.69) is 51.4 Å². The summed E-state index contributed by atoms with van der Waals surface area (Å²) in [5.74, 6) is -0.416. The molecule has 0 saturated carbocycles. The molecule has 0 aromatic heterocycles. The number of hydrogen-bond acceptors (Lipinski definition) is 4. The van der Waals surface area contributed by atoms with Crippen LogP contribution in [0.25, 0.3) is 0 Å². The number of unbranched alkanes of at least 4 members (excludes halogenated alkanes) is 4. The summed E-state index contributed by atoms with van der Waals surface area (Å²) >= 11 is -1.56. The summed E-state index contributed by atoms with van der Waals surface area (Å²) in [6, 6.07) is 0. The Bertz CT molecular complexity index is 362. The zero-order valence-corrected chi connectivity index (χ0v) is 25.4. The van der Waals surface area contributed by atoms with Gasteiger partial charge in [-0.1, -0.05) is 0 Å². The van der Waals surface area contributed by atoms with Gasteiger partial charge in [-0.05, 0) is 0 Å². The summed E-state index contributed by atoms with van der Waals surface area (Å²) in [6.07, 6.45) is 9.31. The molecule has 0 N–H and O–H groups in total. The molecule has 4 nitrogen and oxygen atoms in total. The van der Waals surface area contributed by atoms with Gasteiger partial charge in [-0.25, -0.2) is 0 Å². The predicted octanol–water partition coefficient (Wildman–Crippen LogP) is 6.39. The molecule has 0 heterocycles. The van der Waals surface area contributed by atoms with Crippen LogP contribution in [0, 0.1) is 10.8 Å². The first kappa shape index (κ1) is 30.7. The van der Waals surface area contributed by atoms with Gasteiger partial charge >= 0.3 is 197 Å². The summed E-state index contributed by atoms with van der Waals surface area (Å²) in [4.78, 5) is 27.8. The predicted molar refractivity (Wildman–Crippen MR) is 121 cm³/mol. The number of rotatable bonds is 12. The van der Waals surface area contributed by atoms with Crippen molar-refractivity contribution in [1.29, 1.82) is 0 Å². The van der Waals surface area contributed by atoms with Crippen molar-refractivity contribution < 1.29 is 15.7 Å². The molecule has 0 amide bonds. The molecule has 0 atom stereocenters. The minimum atomic E-state index is -1.79. The van der Waals surface area contributed by atoms with E-state index in [1.807, 2.05) is 0 Å². The maximum absolute atomic E-state index is 11.6. The van der Waals surface area contributed by atoms with Gasteiger partial charge in [0.05, 0.1) is 0 Å². The fraction of sp³-hybridized carbons (Fsp3) is 0.909. The molecule has 0 rings (SSSR count). The summed E-state index contributed by atoms with van der Waals surface area (Å²) in [7, 11) is 0. The zero-order chi connectivity index (χ0) is 22.1. The molecule has 0 aliphatic heterocycles. The first-order valence-corrected chi connectivity index (χ1v) is 18.7. The van der Waals surface area contributed by atoms with Crippen molar-refractivity contribution in [2.24, 2.45) is 10.8 Å². The van der Waals surface area contributed by atoms with E-state index >= 15 is 0 Å². The Kier molecular flexibility index (Phi) is 20.1. The van der Waals surface area contributed by atoms with Crippen LogP contribution < -0.4 is 0 Å². The molecule has 164 valence electrons. The van der Waals surface area contributed by atoms with E-state index in [1.54, 1.807) is 0 Å². The second-order valence-electron chi connectivity index (χ2n) is 9.77. The van der Waals surface area contributed by atoms with E-state index in [0.717, 1.165) is 38.5 Å². The fourth-order valence-electron chi connectivity index (χ4n) is 2.42. The molecule has 0 bridgehead atoms. The summed E-state index contributed by atoms with van der Waals surface area (Å²) in [5.41, 5.74) is 0.714. The average molecular weight is 610 g/mol. The van der Waals surface area contributed by atoms with Crippen molar-refractivity contribution in [3.8, 4) is 0 Å². The van der Waals surface area contributed by atoms with Gasteiger partial charge in [-0.3, -0.25) is 0 Å². The molecule has 4 radical (unpaired) electrons. The van der Waals surface area contributed by atoms with Gasteiger partial charge in [0, 0.05) is 0 Å². The van der Waals surface area contributed by atoms with Gasteiger partial charge in [0.1, 0.15) is 0 Å². The van der Waals surface area contributed by atoms with Gasteiger partial charge in [0.25, 0.3) is 0 Å². The number of carbonyl (C=O) groups is 2. The summed E-state index contributed by atoms with van der Waals surface area (Å²) in [5, 5.41) is 0. The van der Waals surface area contributed by atoms with Crippen LogP contribution in [0.2, 0.25) is 9.88 Å². The Hall–Kier alpha value is 0.537. The molecule has 28 heavy (non-hydrogen) atoms. The Morgan fingerprint density at radius 1 is 0.643 bits per heavy atom. The molecule has 0 unspecified atom stereocenters. The van der Waals surface area contributed by atoms with Gasteiger partial charge < -0.3 is 0 Å². The first-order valence-electron chi connectivity index (χ1n) is 10.6. The molecule has 0 aliphatic rings. The van der Waals surface area contributed by atoms with Gasteiger partial charge in [-0.2, -0.15) is 0 Å². The topological polar surface area (TPSA) is 52.6 Å². The summed E-state index contributed by atoms with van der Waals surface area (Å²) in [6.45, 7) is 13.4. The minimum absolute atomic E-state index is 0.208. The van der Waals surface area contributed by atoms with Crippen LogP contribution in [0.1, 0.15) is 106 Å². The molecule has 0 saturated heterocycles. The number of carbonyl (C=O) groups excluding carboxylic acids is 2. The molecular weight excluding hydrogens is 566 g/mol. The maximum atomic E-state index is 11.6. The third kappa shape index (κ3) is 28.7. The molecule has 0 aliphatic carbocycles. The third-order valence-corrected chi connectivity index (χ3v) is 5.70. The Morgan fingerprint density at radius 2 is 0.964 bits per heavy atom. The molecule has 0 aromatic rings. The van der Waals surface area contributed by atoms with E-state index in [9.17, 15) is 9.59 Å². The van der Waals surface area contributed by atoms with Crippen molar-refractivity contribution in [2.75, 3.05) is 0 Å². The van der Waals surface area contributed by atoms with Crippen LogP contribution >= 0.6 is 0 Å². The molecule has 0 spiro atoms. The normalized spacial score (nSPS) is 11.4. The third-order valence-electron chi connectivity index (χ3n) is 3.93. The SMILES string of the molecule is CC(C)(C)CCCCCC(=O)[O][Sn][O]C(=O)CCCCCC(C)(C)C.[CH3][Sn][CH3]. The first-order chi connectivity index (χ1) is 12.9. The second-order valence-corrected chi connectivity index (χ2v) is 14.3. The van der Waals surface area contributed by atoms with Crippen molar-refractivity contribution >= 4 is 55.1 Å². The van der Waals surface area contributed by atoms with Crippen molar-refractivity contribution in [3.05, 3.63) is 0 Å². The van der Waals surface area contributed by atoms with Gasteiger partial charge in [-0.15, -0.1) is 0 Å². The quantitative estimate of drug-likeness (QED) is 0.190. The van der Waals surface area contributed by atoms with E-state index in [1.165, 1.54) is 12.8 Å².